The second kappa shape index (κ2) is 15.7. The maximum atomic E-state index is 12.7. The first-order valence-corrected chi connectivity index (χ1v) is 16.6. The minimum Gasteiger partial charge on any atom is -0.491 e. The fraction of sp³-hybridized carbons (Fsp3) is 0.424. The Bertz CT molecular complexity index is 1410. The van der Waals surface area contributed by atoms with Gasteiger partial charge in [0.2, 0.25) is 10.0 Å². The highest BCUT2D eigenvalue weighted by Crippen LogP contribution is 2.33. The molecule has 0 saturated heterocycles. The summed E-state index contributed by atoms with van der Waals surface area (Å²) in [5, 5.41) is 23.1. The van der Waals surface area contributed by atoms with Crippen LogP contribution in [0.5, 0.6) is 11.5 Å². The topological polar surface area (TPSA) is 134 Å². The fourth-order valence-corrected chi connectivity index (χ4v) is 6.44. The number of sulfonamides is 1. The minimum absolute atomic E-state index is 0.00993. The molecule has 0 heterocycles. The molecular formula is C33H42N2O7S. The number of unbranched alkanes of at least 4 members (excludes halogenated alkanes) is 1. The molecule has 0 aromatic heterocycles. The number of benzene rings is 3. The van der Waals surface area contributed by atoms with Gasteiger partial charge in [0.25, 0.3) is 0 Å². The largest absolute Gasteiger partial charge is 0.491 e. The molecule has 0 spiro atoms. The average Bonchev–Trinajstić information content (AvgIpc) is 3.02. The minimum atomic E-state index is -3.57. The standard InChI is InChI=1S/C33H42N2O7S/c1-2-3-19-43(39,40)35-31-20-30(17-18-32(31)42-22-24-7-5-4-6-8-24)41-23-29(36)21-34-28-15-13-26(14-16-28)25-9-11-27(12-10-25)33(37)38/h4-12,17-18,20,26,28-29,34-36H,2-3,13-16,19,21-23H2,1H3,(H,37,38)/t26?,28?,29-/m0/s1. The highest BCUT2D eigenvalue weighted by molar-refractivity contribution is 7.92. The van der Waals surface area contributed by atoms with Crippen molar-refractivity contribution in [3.05, 3.63) is 89.5 Å². The lowest BCUT2D eigenvalue weighted by Gasteiger charge is -2.30. The van der Waals surface area contributed by atoms with E-state index < -0.39 is 22.1 Å². The lowest BCUT2D eigenvalue weighted by molar-refractivity contribution is 0.0696. The Morgan fingerprint density at radius 2 is 1.70 bits per heavy atom. The second-order valence-electron chi connectivity index (χ2n) is 11.1. The molecule has 1 atom stereocenters. The van der Waals surface area contributed by atoms with Crippen molar-refractivity contribution in [2.75, 3.05) is 23.6 Å². The number of hydrogen-bond donors (Lipinski definition) is 4. The van der Waals surface area contributed by atoms with Crippen LogP contribution in [0, 0.1) is 0 Å². The lowest BCUT2D eigenvalue weighted by atomic mass is 9.81. The molecule has 1 aliphatic carbocycles. The number of carbonyl (C=O) groups is 1. The molecule has 3 aromatic carbocycles. The maximum absolute atomic E-state index is 12.7. The molecule has 4 rings (SSSR count). The Morgan fingerprint density at radius 3 is 2.37 bits per heavy atom. The van der Waals surface area contributed by atoms with E-state index in [1.807, 2.05) is 49.4 Å². The van der Waals surface area contributed by atoms with Gasteiger partial charge in [0.05, 0.1) is 17.0 Å². The molecule has 43 heavy (non-hydrogen) atoms. The number of rotatable bonds is 16. The molecule has 232 valence electrons. The number of carboxylic acids is 1. The molecule has 0 bridgehead atoms. The van der Waals surface area contributed by atoms with Gasteiger partial charge >= 0.3 is 5.97 Å². The number of nitrogens with one attached hydrogen (secondary N) is 2. The van der Waals surface area contributed by atoms with Crippen molar-refractivity contribution in [2.24, 2.45) is 0 Å². The molecule has 3 aromatic rings. The van der Waals surface area contributed by atoms with Crippen molar-refractivity contribution in [1.29, 1.82) is 0 Å². The molecule has 1 saturated carbocycles. The smallest absolute Gasteiger partial charge is 0.335 e. The summed E-state index contributed by atoms with van der Waals surface area (Å²) in [6.45, 7) is 2.64. The van der Waals surface area contributed by atoms with Gasteiger partial charge in [-0.1, -0.05) is 55.8 Å². The summed E-state index contributed by atoms with van der Waals surface area (Å²) in [7, 11) is -3.57. The van der Waals surface area contributed by atoms with Gasteiger partial charge in [0.15, 0.2) is 0 Å². The van der Waals surface area contributed by atoms with E-state index in [4.69, 9.17) is 14.6 Å². The van der Waals surface area contributed by atoms with Crippen LogP contribution in [0.15, 0.2) is 72.8 Å². The molecule has 1 fully saturated rings. The van der Waals surface area contributed by atoms with Gasteiger partial charge in [-0.3, -0.25) is 4.72 Å². The molecule has 4 N–H and O–H groups in total. The number of aliphatic hydroxyl groups is 1. The average molecular weight is 611 g/mol. The predicted octanol–water partition coefficient (Wildman–Crippen LogP) is 5.56. The van der Waals surface area contributed by atoms with Crippen LogP contribution in [0.25, 0.3) is 0 Å². The van der Waals surface area contributed by atoms with Crippen molar-refractivity contribution in [2.45, 2.75) is 70.1 Å². The van der Waals surface area contributed by atoms with Crippen LogP contribution in [-0.2, 0) is 16.6 Å². The lowest BCUT2D eigenvalue weighted by Crippen LogP contribution is -2.39. The van der Waals surface area contributed by atoms with Gasteiger partial charge in [-0.05, 0) is 73.4 Å². The summed E-state index contributed by atoms with van der Waals surface area (Å²) in [6.07, 6.45) is 4.47. The van der Waals surface area contributed by atoms with Crippen molar-refractivity contribution < 1.29 is 32.9 Å². The fourth-order valence-electron chi connectivity index (χ4n) is 5.18. The molecule has 1 aliphatic rings. The van der Waals surface area contributed by atoms with Crippen molar-refractivity contribution in [3.8, 4) is 11.5 Å². The van der Waals surface area contributed by atoms with Crippen molar-refractivity contribution >= 4 is 21.7 Å². The SMILES string of the molecule is CCCCS(=O)(=O)Nc1cc(OC[C@@H](O)CNC2CCC(c3ccc(C(=O)O)cc3)CC2)ccc1OCc1ccccc1. The van der Waals surface area contributed by atoms with E-state index in [1.165, 1.54) is 5.56 Å². The van der Waals surface area contributed by atoms with Gasteiger partial charge < -0.3 is 25.0 Å². The van der Waals surface area contributed by atoms with Crippen LogP contribution < -0.4 is 19.5 Å². The second-order valence-corrected chi connectivity index (χ2v) is 12.9. The Labute approximate surface area is 254 Å². The van der Waals surface area contributed by atoms with Gasteiger partial charge in [-0.2, -0.15) is 0 Å². The van der Waals surface area contributed by atoms with E-state index >= 15 is 0 Å². The van der Waals surface area contributed by atoms with E-state index in [0.29, 0.717) is 41.6 Å². The molecular weight excluding hydrogens is 568 g/mol. The van der Waals surface area contributed by atoms with Crippen LogP contribution in [0.1, 0.15) is 72.9 Å². The molecule has 10 heteroatoms. The number of anilines is 1. The first kappa shape index (κ1) is 32.3. The summed E-state index contributed by atoms with van der Waals surface area (Å²) in [4.78, 5) is 11.1. The Hall–Kier alpha value is -3.60. The van der Waals surface area contributed by atoms with E-state index in [0.717, 1.165) is 37.7 Å². The number of aromatic carboxylic acids is 1. The third-order valence-electron chi connectivity index (χ3n) is 7.66. The zero-order valence-electron chi connectivity index (χ0n) is 24.6. The molecule has 0 radical (unpaired) electrons. The summed E-state index contributed by atoms with van der Waals surface area (Å²) in [6, 6.07) is 22.0. The highest BCUT2D eigenvalue weighted by atomic mass is 32.2. The Balaban J connectivity index is 1.27. The summed E-state index contributed by atoms with van der Waals surface area (Å²) in [5.74, 6) is 0.318. The van der Waals surface area contributed by atoms with E-state index in [2.05, 4.69) is 10.0 Å². The molecule has 9 nitrogen and oxygen atoms in total. The van der Waals surface area contributed by atoms with Crippen LogP contribution in [0.2, 0.25) is 0 Å². The highest BCUT2D eigenvalue weighted by Gasteiger charge is 2.23. The van der Waals surface area contributed by atoms with E-state index in [1.54, 1.807) is 30.3 Å². The molecule has 0 unspecified atom stereocenters. The van der Waals surface area contributed by atoms with Gasteiger partial charge in [-0.25, -0.2) is 13.2 Å². The van der Waals surface area contributed by atoms with Crippen LogP contribution in [-0.4, -0.2) is 55.7 Å². The zero-order valence-corrected chi connectivity index (χ0v) is 25.4. The Kier molecular flexibility index (Phi) is 11.8. The summed E-state index contributed by atoms with van der Waals surface area (Å²) < 4.78 is 39.7. The van der Waals surface area contributed by atoms with Gasteiger partial charge in [0.1, 0.15) is 30.8 Å². The monoisotopic (exact) mass is 610 g/mol. The van der Waals surface area contributed by atoms with Crippen LogP contribution in [0.4, 0.5) is 5.69 Å². The number of aliphatic hydroxyl groups excluding tert-OH is 1. The van der Waals surface area contributed by atoms with Crippen molar-refractivity contribution in [3.63, 3.8) is 0 Å². The number of ether oxygens (including phenoxy) is 2. The number of hydrogen-bond acceptors (Lipinski definition) is 7. The number of carboxylic acid groups (broad SMARTS) is 1. The quantitative estimate of drug-likeness (QED) is 0.166. The van der Waals surface area contributed by atoms with E-state index in [-0.39, 0.29) is 25.0 Å². The van der Waals surface area contributed by atoms with Crippen molar-refractivity contribution in [1.82, 2.24) is 5.32 Å². The third-order valence-corrected chi connectivity index (χ3v) is 9.02. The van der Waals surface area contributed by atoms with Gasteiger partial charge in [0, 0.05) is 18.7 Å². The normalized spacial score (nSPS) is 17.6. The first-order chi connectivity index (χ1) is 20.7. The molecule has 0 amide bonds. The zero-order chi connectivity index (χ0) is 30.7. The van der Waals surface area contributed by atoms with Crippen LogP contribution >= 0.6 is 0 Å². The van der Waals surface area contributed by atoms with E-state index in [9.17, 15) is 18.3 Å². The summed E-state index contributed by atoms with van der Waals surface area (Å²) in [5.41, 5.74) is 2.72. The summed E-state index contributed by atoms with van der Waals surface area (Å²) >= 11 is 0. The third kappa shape index (κ3) is 10.3. The van der Waals surface area contributed by atoms with Crippen LogP contribution in [0.3, 0.4) is 0 Å². The first-order valence-electron chi connectivity index (χ1n) is 14.9. The predicted molar refractivity (Wildman–Crippen MR) is 167 cm³/mol. The maximum Gasteiger partial charge on any atom is 0.335 e. The molecule has 0 aliphatic heterocycles. The Morgan fingerprint density at radius 1 is 0.977 bits per heavy atom. The van der Waals surface area contributed by atoms with Gasteiger partial charge in [-0.15, -0.1) is 0 Å².